The predicted molar refractivity (Wildman–Crippen MR) is 83.8 cm³/mol. The summed E-state index contributed by atoms with van der Waals surface area (Å²) in [5, 5.41) is 8.22. The second-order valence-corrected chi connectivity index (χ2v) is 5.52. The predicted octanol–water partition coefficient (Wildman–Crippen LogP) is 1.41. The zero-order chi connectivity index (χ0) is 16.2. The molecule has 1 fully saturated rings. The van der Waals surface area contributed by atoms with Gasteiger partial charge in [0, 0.05) is 38.7 Å². The Kier molecular flexibility index (Phi) is 4.57. The van der Waals surface area contributed by atoms with Crippen molar-refractivity contribution in [1.82, 2.24) is 20.0 Å². The SMILES string of the molecule is COc1cccc(-c2nnc(CN3CCN(C(C)=O)CC3)o2)c1. The second kappa shape index (κ2) is 6.78. The van der Waals surface area contributed by atoms with Crippen molar-refractivity contribution >= 4 is 5.91 Å². The van der Waals surface area contributed by atoms with Crippen molar-refractivity contribution < 1.29 is 13.9 Å². The summed E-state index contributed by atoms with van der Waals surface area (Å²) in [5.41, 5.74) is 0.837. The Hall–Kier alpha value is -2.41. The van der Waals surface area contributed by atoms with Gasteiger partial charge in [0.05, 0.1) is 13.7 Å². The van der Waals surface area contributed by atoms with Crippen molar-refractivity contribution in [2.45, 2.75) is 13.5 Å². The van der Waals surface area contributed by atoms with Crippen LogP contribution in [0.25, 0.3) is 11.5 Å². The molecule has 1 saturated heterocycles. The number of amides is 1. The van der Waals surface area contributed by atoms with E-state index in [2.05, 4.69) is 15.1 Å². The Morgan fingerprint density at radius 2 is 2.04 bits per heavy atom. The Bertz CT molecular complexity index is 677. The Labute approximate surface area is 134 Å². The number of nitrogens with zero attached hydrogens (tertiary/aromatic N) is 4. The lowest BCUT2D eigenvalue weighted by Crippen LogP contribution is -2.47. The minimum absolute atomic E-state index is 0.128. The molecule has 2 aromatic rings. The third kappa shape index (κ3) is 3.68. The lowest BCUT2D eigenvalue weighted by atomic mass is 10.2. The van der Waals surface area contributed by atoms with Crippen molar-refractivity contribution in [1.29, 1.82) is 0 Å². The highest BCUT2D eigenvalue weighted by Gasteiger charge is 2.20. The van der Waals surface area contributed by atoms with Crippen LogP contribution in [0.2, 0.25) is 0 Å². The van der Waals surface area contributed by atoms with E-state index in [1.54, 1.807) is 14.0 Å². The molecule has 0 spiro atoms. The summed E-state index contributed by atoms with van der Waals surface area (Å²) in [7, 11) is 1.62. The third-order valence-electron chi connectivity index (χ3n) is 3.96. The van der Waals surface area contributed by atoms with Gasteiger partial charge in [-0.25, -0.2) is 0 Å². The first-order valence-corrected chi connectivity index (χ1v) is 7.60. The van der Waals surface area contributed by atoms with Gasteiger partial charge in [-0.3, -0.25) is 9.69 Å². The molecule has 3 rings (SSSR count). The number of methoxy groups -OCH3 is 1. The highest BCUT2D eigenvalue weighted by atomic mass is 16.5. The van der Waals surface area contributed by atoms with Crippen molar-refractivity contribution in [2.75, 3.05) is 33.3 Å². The molecule has 7 heteroatoms. The summed E-state index contributed by atoms with van der Waals surface area (Å²) in [4.78, 5) is 15.4. The normalized spacial score (nSPS) is 15.7. The van der Waals surface area contributed by atoms with Gasteiger partial charge >= 0.3 is 0 Å². The molecule has 0 unspecified atom stereocenters. The number of rotatable bonds is 4. The van der Waals surface area contributed by atoms with E-state index in [4.69, 9.17) is 9.15 Å². The van der Waals surface area contributed by atoms with E-state index in [1.807, 2.05) is 29.2 Å². The highest BCUT2D eigenvalue weighted by molar-refractivity contribution is 5.73. The van der Waals surface area contributed by atoms with Gasteiger partial charge in [0.25, 0.3) is 0 Å². The molecule has 2 heterocycles. The van der Waals surface area contributed by atoms with Crippen LogP contribution in [0.3, 0.4) is 0 Å². The molecule has 0 bridgehead atoms. The molecule has 0 N–H and O–H groups in total. The molecule has 1 aromatic heterocycles. The molecule has 0 saturated carbocycles. The molecule has 1 aliphatic rings. The molecule has 7 nitrogen and oxygen atoms in total. The maximum absolute atomic E-state index is 11.3. The van der Waals surface area contributed by atoms with Crippen LogP contribution < -0.4 is 4.74 Å². The van der Waals surface area contributed by atoms with Crippen molar-refractivity contribution in [3.8, 4) is 17.2 Å². The van der Waals surface area contributed by atoms with Crippen LogP contribution in [0.5, 0.6) is 5.75 Å². The van der Waals surface area contributed by atoms with E-state index < -0.39 is 0 Å². The van der Waals surface area contributed by atoms with Gasteiger partial charge in [-0.2, -0.15) is 0 Å². The molecule has 1 aliphatic heterocycles. The van der Waals surface area contributed by atoms with Gasteiger partial charge in [0.15, 0.2) is 0 Å². The fourth-order valence-electron chi connectivity index (χ4n) is 2.60. The number of hydrogen-bond donors (Lipinski definition) is 0. The van der Waals surface area contributed by atoms with Gasteiger partial charge in [-0.1, -0.05) is 6.07 Å². The summed E-state index contributed by atoms with van der Waals surface area (Å²) in [5.74, 6) is 1.95. The highest BCUT2D eigenvalue weighted by Crippen LogP contribution is 2.23. The summed E-state index contributed by atoms with van der Waals surface area (Å²) in [6.07, 6.45) is 0. The average Bonchev–Trinajstić information content (AvgIpc) is 3.04. The van der Waals surface area contributed by atoms with Crippen LogP contribution in [-0.4, -0.2) is 59.2 Å². The van der Waals surface area contributed by atoms with Gasteiger partial charge in [0.1, 0.15) is 5.75 Å². The minimum atomic E-state index is 0.128. The third-order valence-corrected chi connectivity index (χ3v) is 3.96. The zero-order valence-electron chi connectivity index (χ0n) is 13.4. The van der Waals surface area contributed by atoms with E-state index in [0.29, 0.717) is 18.3 Å². The molecule has 23 heavy (non-hydrogen) atoms. The monoisotopic (exact) mass is 316 g/mol. The summed E-state index contributed by atoms with van der Waals surface area (Å²) >= 11 is 0. The number of hydrogen-bond acceptors (Lipinski definition) is 6. The lowest BCUT2D eigenvalue weighted by Gasteiger charge is -2.33. The molecule has 0 atom stereocenters. The summed E-state index contributed by atoms with van der Waals surface area (Å²) < 4.78 is 10.9. The first-order valence-electron chi connectivity index (χ1n) is 7.60. The van der Waals surface area contributed by atoms with Crippen LogP contribution in [0, 0.1) is 0 Å². The fraction of sp³-hybridized carbons (Fsp3) is 0.438. The largest absolute Gasteiger partial charge is 0.497 e. The van der Waals surface area contributed by atoms with Crippen LogP contribution in [0.15, 0.2) is 28.7 Å². The van der Waals surface area contributed by atoms with Crippen LogP contribution >= 0.6 is 0 Å². The van der Waals surface area contributed by atoms with E-state index in [0.717, 1.165) is 37.5 Å². The van der Waals surface area contributed by atoms with Crippen molar-refractivity contribution in [3.63, 3.8) is 0 Å². The quantitative estimate of drug-likeness (QED) is 0.849. The Morgan fingerprint density at radius 3 is 2.74 bits per heavy atom. The molecule has 0 aliphatic carbocycles. The first kappa shape index (κ1) is 15.5. The number of ether oxygens (including phenoxy) is 1. The van der Waals surface area contributed by atoms with Crippen molar-refractivity contribution in [2.24, 2.45) is 0 Å². The lowest BCUT2D eigenvalue weighted by molar-refractivity contribution is -0.130. The number of benzene rings is 1. The standard InChI is InChI=1S/C16H20N4O3/c1-12(21)20-8-6-19(7-9-20)11-15-17-18-16(23-15)13-4-3-5-14(10-13)22-2/h3-5,10H,6-9,11H2,1-2H3. The van der Waals surface area contributed by atoms with E-state index in [1.165, 1.54) is 0 Å². The zero-order valence-corrected chi connectivity index (χ0v) is 13.4. The second-order valence-electron chi connectivity index (χ2n) is 5.52. The summed E-state index contributed by atoms with van der Waals surface area (Å²) in [6.45, 7) is 5.32. The van der Waals surface area contributed by atoms with Crippen LogP contribution in [0.4, 0.5) is 0 Å². The smallest absolute Gasteiger partial charge is 0.247 e. The van der Waals surface area contributed by atoms with E-state index >= 15 is 0 Å². The number of piperazine rings is 1. The average molecular weight is 316 g/mol. The van der Waals surface area contributed by atoms with E-state index in [9.17, 15) is 4.79 Å². The fourth-order valence-corrected chi connectivity index (χ4v) is 2.60. The molecule has 1 amide bonds. The molecular weight excluding hydrogens is 296 g/mol. The number of aromatic nitrogens is 2. The minimum Gasteiger partial charge on any atom is -0.497 e. The molecular formula is C16H20N4O3. The number of carbonyl (C=O) groups excluding carboxylic acids is 1. The van der Waals surface area contributed by atoms with Crippen molar-refractivity contribution in [3.05, 3.63) is 30.2 Å². The Morgan fingerprint density at radius 1 is 1.26 bits per heavy atom. The van der Waals surface area contributed by atoms with Gasteiger partial charge in [-0.15, -0.1) is 10.2 Å². The van der Waals surface area contributed by atoms with Crippen LogP contribution in [-0.2, 0) is 11.3 Å². The first-order chi connectivity index (χ1) is 11.2. The van der Waals surface area contributed by atoms with E-state index in [-0.39, 0.29) is 5.91 Å². The molecule has 0 radical (unpaired) electrons. The topological polar surface area (TPSA) is 71.7 Å². The summed E-state index contributed by atoms with van der Waals surface area (Å²) in [6, 6.07) is 7.53. The Balaban J connectivity index is 1.62. The maximum Gasteiger partial charge on any atom is 0.247 e. The van der Waals surface area contributed by atoms with Gasteiger partial charge < -0.3 is 14.1 Å². The maximum atomic E-state index is 11.3. The van der Waals surface area contributed by atoms with Gasteiger partial charge in [-0.05, 0) is 18.2 Å². The molecule has 1 aromatic carbocycles. The van der Waals surface area contributed by atoms with Crippen LogP contribution in [0.1, 0.15) is 12.8 Å². The molecule has 122 valence electrons. The van der Waals surface area contributed by atoms with Gasteiger partial charge in [0.2, 0.25) is 17.7 Å². The number of carbonyl (C=O) groups is 1.